The van der Waals surface area contributed by atoms with Crippen LogP contribution in [0.2, 0.25) is 25.1 Å². The van der Waals surface area contributed by atoms with Gasteiger partial charge >= 0.3 is 11.9 Å². The quantitative estimate of drug-likeness (QED) is 0.0647. The Bertz CT molecular complexity index is 1560. The number of alkyl halides is 1. The van der Waals surface area contributed by atoms with Gasteiger partial charge in [-0.15, -0.1) is 0 Å². The Balaban J connectivity index is 2.02. The third-order valence-corrected chi connectivity index (χ3v) is 8.29. The highest BCUT2D eigenvalue weighted by atomic mass is 35.5. The van der Waals surface area contributed by atoms with Crippen LogP contribution < -0.4 is 0 Å². The van der Waals surface area contributed by atoms with Crippen molar-refractivity contribution in [2.24, 2.45) is 5.16 Å². The number of rotatable bonds is 12. The molecule has 0 saturated heterocycles. The molecule has 0 aliphatic carbocycles. The molecule has 42 heavy (non-hydrogen) atoms. The van der Waals surface area contributed by atoms with E-state index >= 15 is 4.39 Å². The standard InChI is InChI=1S/C26H19Cl5FNO8S/c1-38-33-12-21(32)24(40-26(35)15-4-8-17(28)9-5-15)22(13-39-25(34)14-2-6-16(27)7-3-14)41-42(36,37)23-11-19(30)18(29)10-20(23)31/h2-12,21-22,24H,13H2,1H3/b33-12-/t21-,22-,24+/m1/s1. The fourth-order valence-electron chi connectivity index (χ4n) is 3.24. The molecule has 0 saturated carbocycles. The SMILES string of the molecule is CO/N=C\[C@@H](F)[C@H](OC(=O)c1ccc(Cl)cc1)[C@@H](COC(=O)c1ccc(Cl)cc1)OS(=O)(=O)c1cc(Cl)c(Cl)cc1Cl. The lowest BCUT2D eigenvalue weighted by Crippen LogP contribution is -2.45. The second-order valence-electron chi connectivity index (χ2n) is 8.15. The molecule has 0 aliphatic heterocycles. The summed E-state index contributed by atoms with van der Waals surface area (Å²) >= 11 is 29.6. The third-order valence-electron chi connectivity index (χ3n) is 5.27. The number of ether oxygens (including phenoxy) is 2. The van der Waals surface area contributed by atoms with Gasteiger partial charge in [0.2, 0.25) is 0 Å². The van der Waals surface area contributed by atoms with E-state index in [1.807, 2.05) is 0 Å². The topological polar surface area (TPSA) is 118 Å². The van der Waals surface area contributed by atoms with Crippen LogP contribution in [0, 0.1) is 0 Å². The van der Waals surface area contributed by atoms with Crippen molar-refractivity contribution < 1.29 is 40.9 Å². The second-order valence-corrected chi connectivity index (χ2v) is 11.8. The summed E-state index contributed by atoms with van der Waals surface area (Å²) in [7, 11) is -3.77. The summed E-state index contributed by atoms with van der Waals surface area (Å²) in [5, 5.41) is 3.34. The van der Waals surface area contributed by atoms with Crippen molar-refractivity contribution in [2.75, 3.05) is 13.7 Å². The van der Waals surface area contributed by atoms with Crippen LogP contribution in [0.1, 0.15) is 20.7 Å². The van der Waals surface area contributed by atoms with Gasteiger partial charge in [0.15, 0.2) is 18.4 Å². The van der Waals surface area contributed by atoms with Gasteiger partial charge in [0.1, 0.15) is 18.6 Å². The fourth-order valence-corrected chi connectivity index (χ4v) is 5.54. The molecule has 3 atom stereocenters. The molecule has 0 aromatic heterocycles. The maximum Gasteiger partial charge on any atom is 0.338 e. The molecule has 0 heterocycles. The van der Waals surface area contributed by atoms with E-state index in [0.717, 1.165) is 19.2 Å². The number of nitrogens with zero attached hydrogens (tertiary/aromatic N) is 1. The molecule has 0 unspecified atom stereocenters. The van der Waals surface area contributed by atoms with Crippen LogP contribution in [0.4, 0.5) is 4.39 Å². The van der Waals surface area contributed by atoms with Crippen LogP contribution in [0.25, 0.3) is 0 Å². The van der Waals surface area contributed by atoms with Crippen LogP contribution in [-0.2, 0) is 28.6 Å². The van der Waals surface area contributed by atoms with Crippen molar-refractivity contribution in [3.8, 4) is 0 Å². The average molecular weight is 702 g/mol. The van der Waals surface area contributed by atoms with Gasteiger partial charge in [-0.25, -0.2) is 14.0 Å². The maximum absolute atomic E-state index is 15.5. The fraction of sp³-hybridized carbons (Fsp3) is 0.192. The van der Waals surface area contributed by atoms with Crippen LogP contribution in [0.3, 0.4) is 0 Å². The lowest BCUT2D eigenvalue weighted by molar-refractivity contribution is -0.0478. The van der Waals surface area contributed by atoms with Crippen molar-refractivity contribution >= 4 is 86.3 Å². The Morgan fingerprint density at radius 2 is 1.38 bits per heavy atom. The number of carbonyl (C=O) groups is 2. The highest BCUT2D eigenvalue weighted by molar-refractivity contribution is 7.87. The van der Waals surface area contributed by atoms with E-state index in [0.29, 0.717) is 16.3 Å². The van der Waals surface area contributed by atoms with Crippen LogP contribution in [-0.4, -0.2) is 58.7 Å². The van der Waals surface area contributed by atoms with E-state index in [1.165, 1.54) is 48.5 Å². The summed E-state index contributed by atoms with van der Waals surface area (Å²) in [5.74, 6) is -2.04. The number of carbonyl (C=O) groups excluding carboxylic acids is 2. The molecule has 3 aromatic carbocycles. The summed E-state index contributed by atoms with van der Waals surface area (Å²) in [6.07, 6.45) is -5.80. The number of hydrogen-bond acceptors (Lipinski definition) is 9. The molecule has 224 valence electrons. The lowest BCUT2D eigenvalue weighted by Gasteiger charge is -2.27. The molecule has 3 rings (SSSR count). The monoisotopic (exact) mass is 699 g/mol. The molecule has 0 bridgehead atoms. The highest BCUT2D eigenvalue weighted by Crippen LogP contribution is 2.33. The first-order chi connectivity index (χ1) is 19.8. The smallest absolute Gasteiger partial charge is 0.338 e. The summed E-state index contributed by atoms with van der Waals surface area (Å²) in [6.45, 7) is -0.931. The van der Waals surface area contributed by atoms with E-state index in [9.17, 15) is 18.0 Å². The van der Waals surface area contributed by atoms with E-state index in [-0.39, 0.29) is 26.2 Å². The molecule has 0 amide bonds. The summed E-state index contributed by atoms with van der Waals surface area (Å²) in [6, 6.07) is 12.8. The lowest BCUT2D eigenvalue weighted by atomic mass is 10.1. The summed E-state index contributed by atoms with van der Waals surface area (Å²) < 4.78 is 57.9. The zero-order chi connectivity index (χ0) is 31.0. The molecule has 3 aromatic rings. The minimum atomic E-state index is -4.89. The van der Waals surface area contributed by atoms with E-state index in [1.54, 1.807) is 0 Å². The minimum Gasteiger partial charge on any atom is -0.459 e. The van der Waals surface area contributed by atoms with Gasteiger partial charge in [-0.2, -0.15) is 8.42 Å². The number of hydrogen-bond donors (Lipinski definition) is 0. The number of halogens is 6. The molecular formula is C26H19Cl5FNO8S. The van der Waals surface area contributed by atoms with Gasteiger partial charge in [0.25, 0.3) is 10.1 Å². The Morgan fingerprint density at radius 1 is 0.857 bits per heavy atom. The van der Waals surface area contributed by atoms with Gasteiger partial charge in [0, 0.05) is 10.0 Å². The number of oxime groups is 1. The van der Waals surface area contributed by atoms with Gasteiger partial charge in [-0.05, 0) is 60.7 Å². The van der Waals surface area contributed by atoms with Crippen molar-refractivity contribution in [1.82, 2.24) is 0 Å². The third kappa shape index (κ3) is 9.18. The van der Waals surface area contributed by atoms with Crippen LogP contribution >= 0.6 is 58.0 Å². The van der Waals surface area contributed by atoms with Gasteiger partial charge < -0.3 is 14.3 Å². The predicted octanol–water partition coefficient (Wildman–Crippen LogP) is 7.08. The first kappa shape index (κ1) is 33.9. The van der Waals surface area contributed by atoms with Crippen LogP contribution in [0.15, 0.2) is 70.7 Å². The minimum absolute atomic E-state index is 0.0287. The average Bonchev–Trinajstić information content (AvgIpc) is 2.95. The zero-order valence-corrected chi connectivity index (χ0v) is 25.8. The highest BCUT2D eigenvalue weighted by Gasteiger charge is 2.39. The van der Waals surface area contributed by atoms with E-state index in [2.05, 4.69) is 9.99 Å². The molecule has 0 N–H and O–H groups in total. The molecule has 0 radical (unpaired) electrons. The Labute approximate surface area is 265 Å². The van der Waals surface area contributed by atoms with Crippen molar-refractivity contribution in [2.45, 2.75) is 23.3 Å². The van der Waals surface area contributed by atoms with Crippen molar-refractivity contribution in [1.29, 1.82) is 0 Å². The molecule has 0 spiro atoms. The van der Waals surface area contributed by atoms with Gasteiger partial charge in [0.05, 0.1) is 32.4 Å². The Morgan fingerprint density at radius 3 is 1.93 bits per heavy atom. The van der Waals surface area contributed by atoms with Crippen LogP contribution in [0.5, 0.6) is 0 Å². The summed E-state index contributed by atoms with van der Waals surface area (Å²) in [4.78, 5) is 29.5. The van der Waals surface area contributed by atoms with E-state index < -0.39 is 51.9 Å². The van der Waals surface area contributed by atoms with Gasteiger partial charge in [-0.3, -0.25) is 4.18 Å². The first-order valence-corrected chi connectivity index (χ1v) is 14.8. The maximum atomic E-state index is 15.5. The molecule has 0 fully saturated rings. The van der Waals surface area contributed by atoms with Crippen molar-refractivity contribution in [3.63, 3.8) is 0 Å². The van der Waals surface area contributed by atoms with Crippen molar-refractivity contribution in [3.05, 3.63) is 96.9 Å². The largest absolute Gasteiger partial charge is 0.459 e. The predicted molar refractivity (Wildman–Crippen MR) is 156 cm³/mol. The Kier molecular flexibility index (Phi) is 12.2. The Hall–Kier alpha value is -2.64. The molecule has 9 nitrogen and oxygen atoms in total. The molecule has 16 heteroatoms. The normalized spacial score (nSPS) is 13.8. The first-order valence-electron chi connectivity index (χ1n) is 11.5. The molecular weight excluding hydrogens is 683 g/mol. The summed E-state index contributed by atoms with van der Waals surface area (Å²) in [5.41, 5.74) is -0.0337. The zero-order valence-electron chi connectivity index (χ0n) is 21.2. The second kappa shape index (κ2) is 15.2. The number of esters is 2. The molecule has 0 aliphatic rings. The number of benzene rings is 3. The van der Waals surface area contributed by atoms with Gasteiger partial charge in [-0.1, -0.05) is 63.2 Å². The van der Waals surface area contributed by atoms with E-state index in [4.69, 9.17) is 71.7 Å².